The maximum atomic E-state index is 11.3. The Labute approximate surface area is 120 Å². The number of primary amides is 1. The van der Waals surface area contributed by atoms with Gasteiger partial charge >= 0.3 is 0 Å². The molecule has 0 aliphatic carbocycles. The lowest BCUT2D eigenvalue weighted by molar-refractivity contribution is 0.0995. The van der Waals surface area contributed by atoms with Crippen molar-refractivity contribution in [1.29, 1.82) is 0 Å². The van der Waals surface area contributed by atoms with E-state index in [-0.39, 0.29) is 5.69 Å². The largest absolute Gasteiger partial charge is 0.494 e. The number of ether oxygens (including phenoxy) is 1. The summed E-state index contributed by atoms with van der Waals surface area (Å²) in [7, 11) is 1.54. The molecule has 0 spiro atoms. The van der Waals surface area contributed by atoms with Crippen molar-refractivity contribution < 1.29 is 9.53 Å². The summed E-state index contributed by atoms with van der Waals surface area (Å²) in [6.07, 6.45) is 4.78. The third kappa shape index (κ3) is 2.27. The number of benzene rings is 1. The monoisotopic (exact) mass is 280 g/mol. The number of methoxy groups -OCH3 is 1. The van der Waals surface area contributed by atoms with Crippen LogP contribution in [0.5, 0.6) is 5.75 Å². The molecule has 0 atom stereocenters. The Kier molecular flexibility index (Phi) is 3.19. The minimum atomic E-state index is -0.624. The summed E-state index contributed by atoms with van der Waals surface area (Å²) < 4.78 is 5.29. The van der Waals surface area contributed by atoms with Gasteiger partial charge in [0.05, 0.1) is 13.3 Å². The highest BCUT2D eigenvalue weighted by Crippen LogP contribution is 2.31. The third-order valence-corrected chi connectivity index (χ3v) is 3.13. The molecule has 0 saturated carbocycles. The fourth-order valence-corrected chi connectivity index (χ4v) is 2.12. The quantitative estimate of drug-likeness (QED) is 0.790. The van der Waals surface area contributed by atoms with Crippen LogP contribution in [0.1, 0.15) is 10.5 Å². The van der Waals surface area contributed by atoms with Gasteiger partial charge in [0.15, 0.2) is 0 Å². The highest BCUT2D eigenvalue weighted by atomic mass is 16.5. The molecule has 0 unspecified atom stereocenters. The van der Waals surface area contributed by atoms with Crippen LogP contribution in [0.15, 0.2) is 42.9 Å². The van der Waals surface area contributed by atoms with E-state index in [1.54, 1.807) is 25.6 Å². The van der Waals surface area contributed by atoms with E-state index in [1.807, 2.05) is 18.2 Å². The van der Waals surface area contributed by atoms with Crippen molar-refractivity contribution in [3.05, 3.63) is 48.5 Å². The van der Waals surface area contributed by atoms with E-state index in [0.717, 1.165) is 11.1 Å². The van der Waals surface area contributed by atoms with Gasteiger partial charge < -0.3 is 10.5 Å². The average molecular weight is 280 g/mol. The van der Waals surface area contributed by atoms with Gasteiger partial charge in [-0.05, 0) is 29.8 Å². The molecule has 0 aliphatic heterocycles. The highest BCUT2D eigenvalue weighted by molar-refractivity contribution is 5.98. The molecule has 0 radical (unpaired) electrons. The van der Waals surface area contributed by atoms with E-state index in [4.69, 9.17) is 10.5 Å². The van der Waals surface area contributed by atoms with Gasteiger partial charge in [0.2, 0.25) is 0 Å². The molecule has 104 valence electrons. The molecule has 3 aromatic rings. The maximum absolute atomic E-state index is 11.3. The second kappa shape index (κ2) is 5.16. The lowest BCUT2D eigenvalue weighted by Crippen LogP contribution is -2.13. The predicted octanol–water partition coefficient (Wildman–Crippen LogP) is 1.80. The average Bonchev–Trinajstić information content (AvgIpc) is 2.54. The summed E-state index contributed by atoms with van der Waals surface area (Å²) in [5.74, 6) is -0.0841. The number of carbonyl (C=O) groups excluding carboxylic acids is 1. The van der Waals surface area contributed by atoms with Crippen LogP contribution in [0.25, 0.3) is 22.2 Å². The first-order valence-electron chi connectivity index (χ1n) is 6.24. The van der Waals surface area contributed by atoms with Crippen LogP contribution >= 0.6 is 0 Å². The molecule has 2 heterocycles. The van der Waals surface area contributed by atoms with Gasteiger partial charge in [0, 0.05) is 18.0 Å². The fourth-order valence-electron chi connectivity index (χ4n) is 2.12. The Morgan fingerprint density at radius 3 is 2.57 bits per heavy atom. The number of hydrogen-bond acceptors (Lipinski definition) is 5. The van der Waals surface area contributed by atoms with Crippen molar-refractivity contribution in [3.63, 3.8) is 0 Å². The number of rotatable bonds is 3. The van der Waals surface area contributed by atoms with E-state index in [1.165, 1.54) is 6.20 Å². The van der Waals surface area contributed by atoms with Gasteiger partial charge in [-0.25, -0.2) is 4.98 Å². The van der Waals surface area contributed by atoms with Crippen molar-refractivity contribution in [2.45, 2.75) is 0 Å². The highest BCUT2D eigenvalue weighted by Gasteiger charge is 2.13. The van der Waals surface area contributed by atoms with E-state index < -0.39 is 5.91 Å². The van der Waals surface area contributed by atoms with Crippen molar-refractivity contribution in [1.82, 2.24) is 15.0 Å². The van der Waals surface area contributed by atoms with Crippen LogP contribution in [0.2, 0.25) is 0 Å². The molecule has 0 saturated heterocycles. The first-order valence-corrected chi connectivity index (χ1v) is 6.24. The van der Waals surface area contributed by atoms with Gasteiger partial charge in [-0.2, -0.15) is 0 Å². The molecule has 0 aliphatic rings. The topological polar surface area (TPSA) is 91.0 Å². The Hall–Kier alpha value is -3.02. The zero-order valence-corrected chi connectivity index (χ0v) is 11.3. The molecule has 3 rings (SSSR count). The summed E-state index contributed by atoms with van der Waals surface area (Å²) in [6, 6.07) is 7.45. The number of hydrogen-bond donors (Lipinski definition) is 1. The lowest BCUT2D eigenvalue weighted by Gasteiger charge is -2.09. The summed E-state index contributed by atoms with van der Waals surface area (Å²) >= 11 is 0. The fraction of sp³-hybridized carbons (Fsp3) is 0.0667. The second-order valence-electron chi connectivity index (χ2n) is 4.37. The molecule has 2 aromatic heterocycles. The van der Waals surface area contributed by atoms with Crippen LogP contribution in [0, 0.1) is 0 Å². The Balaban J connectivity index is 2.31. The number of fused-ring (bicyclic) bond motifs is 1. The van der Waals surface area contributed by atoms with Crippen molar-refractivity contribution in [2.75, 3.05) is 7.11 Å². The summed E-state index contributed by atoms with van der Waals surface area (Å²) in [4.78, 5) is 23.8. The predicted molar refractivity (Wildman–Crippen MR) is 77.8 cm³/mol. The minimum Gasteiger partial charge on any atom is -0.494 e. The molecular weight excluding hydrogens is 268 g/mol. The number of pyridine rings is 1. The first kappa shape index (κ1) is 13.0. The van der Waals surface area contributed by atoms with Gasteiger partial charge in [-0.3, -0.25) is 14.8 Å². The second-order valence-corrected chi connectivity index (χ2v) is 4.37. The smallest absolute Gasteiger partial charge is 0.268 e. The van der Waals surface area contributed by atoms with Crippen molar-refractivity contribution in [2.24, 2.45) is 5.73 Å². The Bertz CT molecular complexity index is 819. The molecule has 6 nitrogen and oxygen atoms in total. The van der Waals surface area contributed by atoms with Crippen LogP contribution < -0.4 is 10.5 Å². The standard InChI is InChI=1S/C15H12N4O2/c1-21-12-3-2-10(9-4-6-17-7-5-9)13-14(12)19-11(8-18-13)15(16)20/h2-8H,1H3,(H2,16,20). The molecule has 0 fully saturated rings. The molecule has 21 heavy (non-hydrogen) atoms. The number of amides is 1. The van der Waals surface area contributed by atoms with Crippen LogP contribution in [0.3, 0.4) is 0 Å². The van der Waals surface area contributed by atoms with Crippen molar-refractivity contribution in [3.8, 4) is 16.9 Å². The SMILES string of the molecule is COc1ccc(-c2ccncc2)c2ncc(C(N)=O)nc12. The van der Waals surface area contributed by atoms with E-state index >= 15 is 0 Å². The molecule has 6 heteroatoms. The summed E-state index contributed by atoms with van der Waals surface area (Å²) in [6.45, 7) is 0. The molecule has 1 aromatic carbocycles. The molecule has 0 bridgehead atoms. The Morgan fingerprint density at radius 1 is 1.14 bits per heavy atom. The van der Waals surface area contributed by atoms with E-state index in [2.05, 4.69) is 15.0 Å². The lowest BCUT2D eigenvalue weighted by atomic mass is 10.0. The normalized spacial score (nSPS) is 10.5. The van der Waals surface area contributed by atoms with E-state index in [0.29, 0.717) is 16.8 Å². The van der Waals surface area contributed by atoms with Gasteiger partial charge in [0.25, 0.3) is 5.91 Å². The van der Waals surface area contributed by atoms with Crippen molar-refractivity contribution >= 4 is 16.9 Å². The Morgan fingerprint density at radius 2 is 1.90 bits per heavy atom. The summed E-state index contributed by atoms with van der Waals surface area (Å²) in [5.41, 5.74) is 8.35. The van der Waals surface area contributed by atoms with Gasteiger partial charge in [-0.1, -0.05) is 0 Å². The van der Waals surface area contributed by atoms with Crippen LogP contribution in [-0.2, 0) is 0 Å². The van der Waals surface area contributed by atoms with E-state index in [9.17, 15) is 4.79 Å². The molecule has 1 amide bonds. The maximum Gasteiger partial charge on any atom is 0.268 e. The number of aromatic nitrogens is 3. The van der Waals surface area contributed by atoms with Gasteiger partial charge in [0.1, 0.15) is 22.5 Å². The zero-order valence-electron chi connectivity index (χ0n) is 11.3. The minimum absolute atomic E-state index is 0.104. The number of carbonyl (C=O) groups is 1. The number of nitrogens with zero attached hydrogens (tertiary/aromatic N) is 3. The first-order chi connectivity index (χ1) is 10.2. The molecular formula is C15H12N4O2. The van der Waals surface area contributed by atoms with Gasteiger partial charge in [-0.15, -0.1) is 0 Å². The molecule has 2 N–H and O–H groups in total. The van der Waals surface area contributed by atoms with Crippen LogP contribution in [0.4, 0.5) is 0 Å². The van der Waals surface area contributed by atoms with Crippen LogP contribution in [-0.4, -0.2) is 28.0 Å². The summed E-state index contributed by atoms with van der Waals surface area (Å²) in [5, 5.41) is 0. The number of nitrogens with two attached hydrogens (primary N) is 1. The zero-order chi connectivity index (χ0) is 14.8. The third-order valence-electron chi connectivity index (χ3n) is 3.13.